The maximum absolute atomic E-state index is 4.51. The molecule has 3 aromatic heterocycles. The highest BCUT2D eigenvalue weighted by Gasteiger charge is 2.02. The van der Waals surface area contributed by atoms with Crippen molar-refractivity contribution in [2.45, 2.75) is 6.92 Å². The summed E-state index contributed by atoms with van der Waals surface area (Å²) in [4.78, 5) is 17.1. The summed E-state index contributed by atoms with van der Waals surface area (Å²) < 4.78 is 0. The van der Waals surface area contributed by atoms with E-state index in [1.165, 1.54) is 0 Å². The zero-order chi connectivity index (χ0) is 15.9. The molecular weight excluding hydrogens is 288 g/mol. The van der Waals surface area contributed by atoms with Gasteiger partial charge in [-0.3, -0.25) is 4.98 Å². The van der Waals surface area contributed by atoms with E-state index in [0.29, 0.717) is 12.5 Å². The molecule has 0 atom stereocenters. The quantitative estimate of drug-likeness (QED) is 0.682. The average Bonchev–Trinajstić information content (AvgIpc) is 2.61. The lowest BCUT2D eigenvalue weighted by Gasteiger charge is -2.09. The number of hydrogen-bond donors (Lipinski definition) is 2. The molecule has 0 aromatic carbocycles. The summed E-state index contributed by atoms with van der Waals surface area (Å²) in [6.45, 7) is 3.47. The largest absolute Gasteiger partial charge is 0.368 e. The molecule has 0 fully saturated rings. The van der Waals surface area contributed by atoms with Crippen molar-refractivity contribution >= 4 is 11.8 Å². The number of nitrogens with one attached hydrogen (secondary N) is 2. The van der Waals surface area contributed by atoms with Crippen LogP contribution in [0.25, 0.3) is 11.3 Å². The van der Waals surface area contributed by atoms with Gasteiger partial charge in [-0.15, -0.1) is 0 Å². The van der Waals surface area contributed by atoms with E-state index in [1.807, 2.05) is 37.3 Å². The first-order valence-electron chi connectivity index (χ1n) is 7.46. The second-order valence-corrected chi connectivity index (χ2v) is 5.02. The lowest BCUT2D eigenvalue weighted by atomic mass is 10.2. The van der Waals surface area contributed by atoms with Crippen LogP contribution in [0.15, 0.2) is 55.1 Å². The highest BCUT2D eigenvalue weighted by atomic mass is 15.1. The van der Waals surface area contributed by atoms with Gasteiger partial charge >= 0.3 is 0 Å². The van der Waals surface area contributed by atoms with Crippen LogP contribution in [0.4, 0.5) is 11.8 Å². The summed E-state index contributed by atoms with van der Waals surface area (Å²) >= 11 is 0. The van der Waals surface area contributed by atoms with Crippen LogP contribution in [0.3, 0.4) is 0 Å². The van der Waals surface area contributed by atoms with Crippen LogP contribution < -0.4 is 10.6 Å². The molecule has 116 valence electrons. The highest BCUT2D eigenvalue weighted by Crippen LogP contribution is 2.16. The number of pyridine rings is 2. The standard InChI is InChI=1S/C17H18N6/c1-13-3-2-7-19-16(13)20-11-12-22-17-21-10-6-15(23-17)14-4-8-18-9-5-14/h2-10H,11-12H2,1H3,(H,19,20)(H,21,22,23). The number of rotatable bonds is 6. The normalized spacial score (nSPS) is 10.3. The van der Waals surface area contributed by atoms with Gasteiger partial charge in [0, 0.05) is 43.4 Å². The van der Waals surface area contributed by atoms with E-state index in [1.54, 1.807) is 24.8 Å². The maximum Gasteiger partial charge on any atom is 0.223 e. The molecule has 0 bridgehead atoms. The minimum atomic E-state index is 0.610. The molecule has 0 spiro atoms. The van der Waals surface area contributed by atoms with E-state index >= 15 is 0 Å². The van der Waals surface area contributed by atoms with E-state index in [-0.39, 0.29) is 0 Å². The number of aryl methyl sites for hydroxylation is 1. The van der Waals surface area contributed by atoms with Gasteiger partial charge in [0.05, 0.1) is 5.69 Å². The minimum absolute atomic E-state index is 0.610. The molecule has 0 amide bonds. The van der Waals surface area contributed by atoms with Gasteiger partial charge in [0.1, 0.15) is 5.82 Å². The second kappa shape index (κ2) is 7.31. The molecule has 2 N–H and O–H groups in total. The predicted molar refractivity (Wildman–Crippen MR) is 91.2 cm³/mol. The van der Waals surface area contributed by atoms with Crippen LogP contribution in [0.2, 0.25) is 0 Å². The summed E-state index contributed by atoms with van der Waals surface area (Å²) in [5, 5.41) is 6.51. The number of aromatic nitrogens is 4. The number of hydrogen-bond acceptors (Lipinski definition) is 6. The van der Waals surface area contributed by atoms with Crippen LogP contribution in [-0.4, -0.2) is 33.0 Å². The number of nitrogens with zero attached hydrogens (tertiary/aromatic N) is 4. The van der Waals surface area contributed by atoms with E-state index in [9.17, 15) is 0 Å². The molecule has 6 heteroatoms. The Balaban J connectivity index is 1.56. The van der Waals surface area contributed by atoms with Gasteiger partial charge in [-0.05, 0) is 36.8 Å². The van der Waals surface area contributed by atoms with Gasteiger partial charge in [-0.2, -0.15) is 0 Å². The van der Waals surface area contributed by atoms with Crippen LogP contribution >= 0.6 is 0 Å². The smallest absolute Gasteiger partial charge is 0.223 e. The minimum Gasteiger partial charge on any atom is -0.368 e. The Morgan fingerprint density at radius 1 is 0.870 bits per heavy atom. The van der Waals surface area contributed by atoms with Gasteiger partial charge in [0.25, 0.3) is 0 Å². The van der Waals surface area contributed by atoms with Gasteiger partial charge in [-0.25, -0.2) is 15.0 Å². The van der Waals surface area contributed by atoms with Gasteiger partial charge in [0.2, 0.25) is 5.95 Å². The second-order valence-electron chi connectivity index (χ2n) is 5.02. The van der Waals surface area contributed by atoms with Crippen molar-refractivity contribution in [1.82, 2.24) is 19.9 Å². The molecule has 0 saturated carbocycles. The van der Waals surface area contributed by atoms with Gasteiger partial charge < -0.3 is 10.6 Å². The van der Waals surface area contributed by atoms with Crippen molar-refractivity contribution < 1.29 is 0 Å². The molecule has 23 heavy (non-hydrogen) atoms. The SMILES string of the molecule is Cc1cccnc1NCCNc1nccc(-c2ccncc2)n1. The Morgan fingerprint density at radius 3 is 2.52 bits per heavy atom. The fourth-order valence-corrected chi connectivity index (χ4v) is 2.15. The molecule has 0 radical (unpaired) electrons. The monoisotopic (exact) mass is 306 g/mol. The summed E-state index contributed by atoms with van der Waals surface area (Å²) in [5.74, 6) is 1.51. The van der Waals surface area contributed by atoms with Crippen molar-refractivity contribution in [2.75, 3.05) is 23.7 Å². The Labute approximate surface area is 135 Å². The first kappa shape index (κ1) is 14.9. The molecule has 0 aliphatic carbocycles. The first-order chi connectivity index (χ1) is 11.3. The molecule has 0 aliphatic rings. The lowest BCUT2D eigenvalue weighted by Crippen LogP contribution is -2.16. The van der Waals surface area contributed by atoms with Gasteiger partial charge in [-0.1, -0.05) is 6.07 Å². The fourth-order valence-electron chi connectivity index (χ4n) is 2.15. The molecule has 3 aromatic rings. The summed E-state index contributed by atoms with van der Waals surface area (Å²) in [6, 6.07) is 9.70. The third-order valence-corrected chi connectivity index (χ3v) is 3.34. The summed E-state index contributed by atoms with van der Waals surface area (Å²) in [6.07, 6.45) is 7.04. The van der Waals surface area contributed by atoms with Crippen LogP contribution in [0.1, 0.15) is 5.56 Å². The maximum atomic E-state index is 4.51. The lowest BCUT2D eigenvalue weighted by molar-refractivity contribution is 1.01. The van der Waals surface area contributed by atoms with Crippen LogP contribution in [-0.2, 0) is 0 Å². The Hall–Kier alpha value is -3.02. The first-order valence-corrected chi connectivity index (χ1v) is 7.46. The fraction of sp³-hybridized carbons (Fsp3) is 0.176. The van der Waals surface area contributed by atoms with Crippen molar-refractivity contribution in [3.63, 3.8) is 0 Å². The molecule has 0 unspecified atom stereocenters. The van der Waals surface area contributed by atoms with Crippen molar-refractivity contribution in [2.24, 2.45) is 0 Å². The van der Waals surface area contributed by atoms with Crippen molar-refractivity contribution in [1.29, 1.82) is 0 Å². The molecule has 3 heterocycles. The van der Waals surface area contributed by atoms with Crippen molar-refractivity contribution in [3.8, 4) is 11.3 Å². The summed E-state index contributed by atoms with van der Waals surface area (Å²) in [5.41, 5.74) is 3.02. The van der Waals surface area contributed by atoms with E-state index in [2.05, 4.69) is 30.6 Å². The Kier molecular flexibility index (Phi) is 4.73. The Morgan fingerprint density at radius 2 is 1.70 bits per heavy atom. The van der Waals surface area contributed by atoms with Crippen LogP contribution in [0, 0.1) is 6.92 Å². The molecule has 3 rings (SSSR count). The third kappa shape index (κ3) is 4.00. The highest BCUT2D eigenvalue weighted by molar-refractivity contribution is 5.59. The molecule has 0 aliphatic heterocycles. The van der Waals surface area contributed by atoms with E-state index < -0.39 is 0 Å². The predicted octanol–water partition coefficient (Wildman–Crippen LogP) is 2.77. The van der Waals surface area contributed by atoms with Gasteiger partial charge in [0.15, 0.2) is 0 Å². The Bertz CT molecular complexity index is 760. The molecular formula is C17H18N6. The third-order valence-electron chi connectivity index (χ3n) is 3.34. The average molecular weight is 306 g/mol. The van der Waals surface area contributed by atoms with Crippen LogP contribution in [0.5, 0.6) is 0 Å². The van der Waals surface area contributed by atoms with E-state index in [4.69, 9.17) is 0 Å². The number of anilines is 2. The zero-order valence-electron chi connectivity index (χ0n) is 12.9. The topological polar surface area (TPSA) is 75.6 Å². The summed E-state index contributed by atoms with van der Waals surface area (Å²) in [7, 11) is 0. The van der Waals surface area contributed by atoms with Crippen molar-refractivity contribution in [3.05, 3.63) is 60.7 Å². The van der Waals surface area contributed by atoms with E-state index in [0.717, 1.165) is 29.2 Å². The molecule has 0 saturated heterocycles. The molecule has 6 nitrogen and oxygen atoms in total. The zero-order valence-corrected chi connectivity index (χ0v) is 12.9.